The van der Waals surface area contributed by atoms with E-state index in [9.17, 15) is 13.2 Å². The van der Waals surface area contributed by atoms with E-state index in [0.717, 1.165) is 12.8 Å². The van der Waals surface area contributed by atoms with E-state index in [1.54, 1.807) is 0 Å². The van der Waals surface area contributed by atoms with Gasteiger partial charge in [0.1, 0.15) is 0 Å². The number of hydrogen-bond acceptors (Lipinski definition) is 3. The first-order chi connectivity index (χ1) is 6.51. The van der Waals surface area contributed by atoms with Crippen LogP contribution in [0.25, 0.3) is 0 Å². The van der Waals surface area contributed by atoms with Gasteiger partial charge in [-0.25, -0.2) is 12.7 Å². The highest BCUT2D eigenvalue weighted by atomic mass is 32.2. The van der Waals surface area contributed by atoms with E-state index in [0.29, 0.717) is 13.0 Å². The van der Waals surface area contributed by atoms with Crippen LogP contribution in [-0.4, -0.2) is 37.0 Å². The summed E-state index contributed by atoms with van der Waals surface area (Å²) in [6.45, 7) is 0.737. The summed E-state index contributed by atoms with van der Waals surface area (Å²) in [5.74, 6) is -0.679. The Bertz CT molecular complexity index is 348. The molecule has 2 aliphatic rings. The van der Waals surface area contributed by atoms with Gasteiger partial charge in [-0.1, -0.05) is 0 Å². The van der Waals surface area contributed by atoms with Crippen LogP contribution in [0.1, 0.15) is 19.3 Å². The van der Waals surface area contributed by atoms with Gasteiger partial charge in [0.2, 0.25) is 15.9 Å². The number of amides is 1. The fraction of sp³-hybridized carbons (Fsp3) is 0.875. The average Bonchev–Trinajstić information content (AvgIpc) is 2.82. The number of primary amides is 1. The largest absolute Gasteiger partial charge is 0.369 e. The van der Waals surface area contributed by atoms with Gasteiger partial charge >= 0.3 is 0 Å². The van der Waals surface area contributed by atoms with Crippen LogP contribution in [0.4, 0.5) is 0 Å². The van der Waals surface area contributed by atoms with Crippen molar-refractivity contribution in [3.05, 3.63) is 0 Å². The van der Waals surface area contributed by atoms with Crippen LogP contribution in [0, 0.1) is 5.92 Å². The summed E-state index contributed by atoms with van der Waals surface area (Å²) >= 11 is 0. The van der Waals surface area contributed by atoms with Gasteiger partial charge in [0.25, 0.3) is 0 Å². The molecule has 0 radical (unpaired) electrons. The normalized spacial score (nSPS) is 29.3. The van der Waals surface area contributed by atoms with Crippen molar-refractivity contribution in [1.29, 1.82) is 0 Å². The maximum absolute atomic E-state index is 11.7. The molecule has 6 heteroatoms. The second kappa shape index (κ2) is 3.20. The highest BCUT2D eigenvalue weighted by Gasteiger charge is 2.43. The number of nitrogens with two attached hydrogens (primary N) is 1. The lowest BCUT2D eigenvalue weighted by Crippen LogP contribution is -2.33. The molecule has 1 unspecified atom stereocenters. The molecular formula is C8H14N2O3S. The Morgan fingerprint density at radius 1 is 1.29 bits per heavy atom. The zero-order chi connectivity index (χ0) is 10.3. The van der Waals surface area contributed by atoms with E-state index in [4.69, 9.17) is 5.73 Å². The molecule has 80 valence electrons. The molecule has 0 bridgehead atoms. The number of rotatable bonds is 3. The van der Waals surface area contributed by atoms with Crippen LogP contribution in [0.15, 0.2) is 0 Å². The van der Waals surface area contributed by atoms with Crippen molar-refractivity contribution in [2.24, 2.45) is 11.7 Å². The Balaban J connectivity index is 2.05. The predicted octanol–water partition coefficient (Wildman–Crippen LogP) is -0.714. The van der Waals surface area contributed by atoms with Gasteiger partial charge in [-0.3, -0.25) is 4.79 Å². The molecule has 2 rings (SSSR count). The molecule has 1 aliphatic heterocycles. The zero-order valence-corrected chi connectivity index (χ0v) is 8.66. The third kappa shape index (κ3) is 1.64. The minimum atomic E-state index is -3.11. The van der Waals surface area contributed by atoms with Crippen molar-refractivity contribution in [2.45, 2.75) is 24.5 Å². The van der Waals surface area contributed by atoms with Crippen molar-refractivity contribution in [3.8, 4) is 0 Å². The molecule has 2 N–H and O–H groups in total. The Morgan fingerprint density at radius 3 is 2.36 bits per heavy atom. The van der Waals surface area contributed by atoms with Crippen molar-refractivity contribution in [2.75, 3.05) is 13.1 Å². The van der Waals surface area contributed by atoms with Crippen LogP contribution in [0.5, 0.6) is 0 Å². The zero-order valence-electron chi connectivity index (χ0n) is 7.85. The monoisotopic (exact) mass is 218 g/mol. The molecule has 1 aliphatic carbocycles. The van der Waals surface area contributed by atoms with Crippen molar-refractivity contribution in [1.82, 2.24) is 4.31 Å². The number of nitrogens with zero attached hydrogens (tertiary/aromatic N) is 1. The van der Waals surface area contributed by atoms with Crippen LogP contribution >= 0.6 is 0 Å². The highest BCUT2D eigenvalue weighted by molar-refractivity contribution is 7.90. The number of hydrogen-bond donors (Lipinski definition) is 1. The van der Waals surface area contributed by atoms with E-state index in [2.05, 4.69) is 0 Å². The second-order valence-electron chi connectivity index (χ2n) is 3.99. The summed E-state index contributed by atoms with van der Waals surface area (Å²) in [7, 11) is -3.11. The van der Waals surface area contributed by atoms with Crippen molar-refractivity contribution >= 4 is 15.9 Å². The molecule has 5 nitrogen and oxygen atoms in total. The maximum Gasteiger partial charge on any atom is 0.221 e. The summed E-state index contributed by atoms with van der Waals surface area (Å²) < 4.78 is 24.9. The van der Waals surface area contributed by atoms with Gasteiger partial charge in [-0.15, -0.1) is 0 Å². The summed E-state index contributed by atoms with van der Waals surface area (Å²) in [5, 5.41) is -0.186. The Morgan fingerprint density at radius 2 is 1.93 bits per heavy atom. The summed E-state index contributed by atoms with van der Waals surface area (Å²) in [6, 6.07) is 0. The molecule has 1 atom stereocenters. The molecule has 0 aromatic heterocycles. The first kappa shape index (κ1) is 9.92. The third-order valence-electron chi connectivity index (χ3n) is 2.86. The fourth-order valence-electron chi connectivity index (χ4n) is 1.77. The van der Waals surface area contributed by atoms with Crippen molar-refractivity contribution in [3.63, 3.8) is 0 Å². The SMILES string of the molecule is NC(=O)C1CCN(S(=O)(=O)C2CC2)C1. The second-order valence-corrected chi connectivity index (χ2v) is 6.20. The summed E-state index contributed by atoms with van der Waals surface area (Å²) in [6.07, 6.45) is 2.10. The van der Waals surface area contributed by atoms with Crippen LogP contribution in [0.2, 0.25) is 0 Å². The molecule has 0 spiro atoms. The average molecular weight is 218 g/mol. The topological polar surface area (TPSA) is 80.5 Å². The smallest absolute Gasteiger partial charge is 0.221 e. The van der Waals surface area contributed by atoms with E-state index in [1.807, 2.05) is 0 Å². The summed E-state index contributed by atoms with van der Waals surface area (Å²) in [5.41, 5.74) is 5.13. The standard InChI is InChI=1S/C8H14N2O3S/c9-8(11)6-3-4-10(5-6)14(12,13)7-1-2-7/h6-7H,1-5H2,(H2,9,11). The quantitative estimate of drug-likeness (QED) is 0.679. The number of carbonyl (C=O) groups excluding carboxylic acids is 1. The van der Waals surface area contributed by atoms with Gasteiger partial charge in [0.15, 0.2) is 0 Å². The first-order valence-corrected chi connectivity index (χ1v) is 6.30. The maximum atomic E-state index is 11.7. The van der Waals surface area contributed by atoms with Gasteiger partial charge in [0, 0.05) is 13.1 Å². The number of carbonyl (C=O) groups is 1. The van der Waals surface area contributed by atoms with Gasteiger partial charge in [0.05, 0.1) is 11.2 Å². The molecule has 1 saturated heterocycles. The molecule has 1 saturated carbocycles. The molecule has 0 aromatic carbocycles. The van der Waals surface area contributed by atoms with Crippen molar-refractivity contribution < 1.29 is 13.2 Å². The molecule has 0 aromatic rings. The molecule has 1 heterocycles. The van der Waals surface area contributed by atoms with Gasteiger partial charge in [-0.2, -0.15) is 0 Å². The molecule has 14 heavy (non-hydrogen) atoms. The van der Waals surface area contributed by atoms with Crippen LogP contribution in [0.3, 0.4) is 0 Å². The van der Waals surface area contributed by atoms with E-state index in [-0.39, 0.29) is 17.7 Å². The molecular weight excluding hydrogens is 204 g/mol. The minimum absolute atomic E-state index is 0.186. The lowest BCUT2D eigenvalue weighted by Gasteiger charge is -2.14. The molecule has 1 amide bonds. The third-order valence-corrected chi connectivity index (χ3v) is 5.22. The minimum Gasteiger partial charge on any atom is -0.369 e. The number of sulfonamides is 1. The van der Waals surface area contributed by atoms with E-state index < -0.39 is 15.9 Å². The van der Waals surface area contributed by atoms with E-state index in [1.165, 1.54) is 4.31 Å². The predicted molar refractivity (Wildman–Crippen MR) is 50.8 cm³/mol. The lowest BCUT2D eigenvalue weighted by molar-refractivity contribution is -0.121. The van der Waals surface area contributed by atoms with Crippen LogP contribution in [-0.2, 0) is 14.8 Å². The lowest BCUT2D eigenvalue weighted by atomic mass is 10.1. The highest BCUT2D eigenvalue weighted by Crippen LogP contribution is 2.33. The van der Waals surface area contributed by atoms with Crippen LogP contribution < -0.4 is 5.73 Å². The van der Waals surface area contributed by atoms with Gasteiger partial charge < -0.3 is 5.73 Å². The summed E-state index contributed by atoms with van der Waals surface area (Å²) in [4.78, 5) is 10.9. The Hall–Kier alpha value is -0.620. The fourth-order valence-corrected chi connectivity index (χ4v) is 3.67. The molecule has 2 fully saturated rings. The Labute approximate surface area is 83.3 Å². The Kier molecular flexibility index (Phi) is 2.27. The first-order valence-electron chi connectivity index (χ1n) is 4.80. The van der Waals surface area contributed by atoms with Gasteiger partial charge in [-0.05, 0) is 19.3 Å². The van der Waals surface area contributed by atoms with E-state index >= 15 is 0 Å².